The Bertz CT molecular complexity index is 483. The third-order valence-electron chi connectivity index (χ3n) is 3.70. The van der Waals surface area contributed by atoms with Crippen LogP contribution in [0.5, 0.6) is 0 Å². The third kappa shape index (κ3) is 4.34. The standard InChI is InChI=1S/C17H23BrO4/c1-4-7-11-17(15(19)21-5-2,16(20)22-6-3)12-13-9-8-10-14(13)18/h7H,1,5-6,8-12H2,2-3H3. The zero-order valence-corrected chi connectivity index (χ0v) is 14.8. The Morgan fingerprint density at radius 2 is 1.86 bits per heavy atom. The van der Waals surface area contributed by atoms with E-state index in [0.29, 0.717) is 6.42 Å². The number of hydrogen-bond donors (Lipinski definition) is 0. The van der Waals surface area contributed by atoms with Gasteiger partial charge in [0.15, 0.2) is 5.41 Å². The van der Waals surface area contributed by atoms with Gasteiger partial charge in [0.25, 0.3) is 0 Å². The van der Waals surface area contributed by atoms with E-state index in [9.17, 15) is 9.59 Å². The van der Waals surface area contributed by atoms with E-state index >= 15 is 0 Å². The Hall–Kier alpha value is -1.32. The normalized spacial score (nSPS) is 14.5. The molecule has 0 aliphatic heterocycles. The van der Waals surface area contributed by atoms with E-state index < -0.39 is 17.4 Å². The van der Waals surface area contributed by atoms with Gasteiger partial charge >= 0.3 is 11.9 Å². The van der Waals surface area contributed by atoms with Crippen molar-refractivity contribution in [2.45, 2.75) is 46.0 Å². The SMILES string of the molecule is C=C=CCC(CC1=C(Br)CCC1)(C(=O)OCC)C(=O)OCC. The molecule has 1 aliphatic rings. The van der Waals surface area contributed by atoms with Gasteiger partial charge in [0.05, 0.1) is 13.2 Å². The summed E-state index contributed by atoms with van der Waals surface area (Å²) in [4.78, 5) is 25.1. The van der Waals surface area contributed by atoms with Crippen LogP contribution in [-0.2, 0) is 19.1 Å². The molecule has 0 amide bonds. The zero-order chi connectivity index (χ0) is 16.6. The molecule has 4 nitrogen and oxygen atoms in total. The molecule has 0 aromatic rings. The summed E-state index contributed by atoms with van der Waals surface area (Å²) in [5.74, 6) is -1.08. The van der Waals surface area contributed by atoms with Gasteiger partial charge in [-0.15, -0.1) is 5.73 Å². The molecule has 0 aromatic carbocycles. The van der Waals surface area contributed by atoms with Crippen LogP contribution in [-0.4, -0.2) is 25.2 Å². The number of hydrogen-bond acceptors (Lipinski definition) is 4. The van der Waals surface area contributed by atoms with E-state index in [1.165, 1.54) is 0 Å². The minimum Gasteiger partial charge on any atom is -0.465 e. The molecule has 0 spiro atoms. The lowest BCUT2D eigenvalue weighted by Crippen LogP contribution is -2.42. The van der Waals surface area contributed by atoms with Gasteiger partial charge in [0, 0.05) is 0 Å². The smallest absolute Gasteiger partial charge is 0.324 e. The van der Waals surface area contributed by atoms with Crippen molar-refractivity contribution in [3.63, 3.8) is 0 Å². The van der Waals surface area contributed by atoms with Crippen molar-refractivity contribution in [1.82, 2.24) is 0 Å². The van der Waals surface area contributed by atoms with Gasteiger partial charge in [-0.05, 0) is 56.5 Å². The zero-order valence-electron chi connectivity index (χ0n) is 13.2. The van der Waals surface area contributed by atoms with E-state index in [1.807, 2.05) is 0 Å². The van der Waals surface area contributed by atoms with E-state index in [2.05, 4.69) is 28.2 Å². The van der Waals surface area contributed by atoms with Crippen molar-refractivity contribution in [2.24, 2.45) is 5.41 Å². The van der Waals surface area contributed by atoms with Crippen molar-refractivity contribution >= 4 is 27.9 Å². The van der Waals surface area contributed by atoms with Crippen LogP contribution in [0.2, 0.25) is 0 Å². The summed E-state index contributed by atoms with van der Waals surface area (Å²) in [5, 5.41) is 0. The fraction of sp³-hybridized carbons (Fsp3) is 0.588. The van der Waals surface area contributed by atoms with Crippen molar-refractivity contribution in [3.05, 3.63) is 28.4 Å². The monoisotopic (exact) mass is 370 g/mol. The number of halogens is 1. The number of carbonyl (C=O) groups is 2. The van der Waals surface area contributed by atoms with Crippen LogP contribution in [0.1, 0.15) is 46.0 Å². The molecule has 0 atom stereocenters. The lowest BCUT2D eigenvalue weighted by molar-refractivity contribution is -0.171. The van der Waals surface area contributed by atoms with Crippen molar-refractivity contribution in [2.75, 3.05) is 13.2 Å². The fourth-order valence-corrected chi connectivity index (χ4v) is 3.19. The molecule has 0 saturated heterocycles. The Morgan fingerprint density at radius 3 is 2.27 bits per heavy atom. The van der Waals surface area contributed by atoms with Crippen LogP contribution >= 0.6 is 15.9 Å². The molecule has 0 radical (unpaired) electrons. The molecule has 0 saturated carbocycles. The highest BCUT2D eigenvalue weighted by molar-refractivity contribution is 9.11. The summed E-state index contributed by atoms with van der Waals surface area (Å²) < 4.78 is 11.4. The van der Waals surface area contributed by atoms with Crippen LogP contribution < -0.4 is 0 Å². The molecule has 5 heteroatoms. The molecule has 122 valence electrons. The quantitative estimate of drug-likeness (QED) is 0.367. The fourth-order valence-electron chi connectivity index (χ4n) is 2.57. The Kier molecular flexibility index (Phi) is 7.63. The van der Waals surface area contributed by atoms with E-state index in [0.717, 1.165) is 29.3 Å². The largest absolute Gasteiger partial charge is 0.465 e. The lowest BCUT2D eigenvalue weighted by Gasteiger charge is -2.28. The molecule has 0 aromatic heterocycles. The van der Waals surface area contributed by atoms with Gasteiger partial charge in [0.1, 0.15) is 0 Å². The maximum Gasteiger partial charge on any atom is 0.324 e. The second-order valence-corrected chi connectivity index (χ2v) is 6.13. The average Bonchev–Trinajstić information content (AvgIpc) is 2.89. The van der Waals surface area contributed by atoms with Gasteiger partial charge in [0.2, 0.25) is 0 Å². The Morgan fingerprint density at radius 1 is 1.27 bits per heavy atom. The van der Waals surface area contributed by atoms with E-state index in [1.54, 1.807) is 19.9 Å². The van der Waals surface area contributed by atoms with E-state index in [4.69, 9.17) is 9.47 Å². The minimum absolute atomic E-state index is 0.179. The first-order valence-electron chi connectivity index (χ1n) is 7.57. The first kappa shape index (κ1) is 18.7. The molecule has 0 fully saturated rings. The molecule has 0 bridgehead atoms. The van der Waals surface area contributed by atoms with Crippen LogP contribution in [0.25, 0.3) is 0 Å². The summed E-state index contributed by atoms with van der Waals surface area (Å²) >= 11 is 3.54. The highest BCUT2D eigenvalue weighted by atomic mass is 79.9. The van der Waals surface area contributed by atoms with Crippen LogP contribution in [0, 0.1) is 5.41 Å². The number of esters is 2. The predicted octanol–water partition coefficient (Wildman–Crippen LogP) is 4.05. The van der Waals surface area contributed by atoms with Gasteiger partial charge in [-0.25, -0.2) is 0 Å². The van der Waals surface area contributed by atoms with Gasteiger partial charge in [-0.3, -0.25) is 9.59 Å². The summed E-state index contributed by atoms with van der Waals surface area (Å²) in [6.07, 6.45) is 4.92. The van der Waals surface area contributed by atoms with Crippen molar-refractivity contribution in [1.29, 1.82) is 0 Å². The van der Waals surface area contributed by atoms with Gasteiger partial charge in [-0.1, -0.05) is 28.1 Å². The molecule has 0 heterocycles. The summed E-state index contributed by atoms with van der Waals surface area (Å²) in [6, 6.07) is 0. The van der Waals surface area contributed by atoms with Crippen LogP contribution in [0.4, 0.5) is 0 Å². The lowest BCUT2D eigenvalue weighted by atomic mass is 9.78. The number of ether oxygens (including phenoxy) is 2. The summed E-state index contributed by atoms with van der Waals surface area (Å²) in [5.41, 5.74) is 2.36. The van der Waals surface area contributed by atoms with Gasteiger partial charge in [-0.2, -0.15) is 0 Å². The molecule has 1 rings (SSSR count). The molecule has 0 unspecified atom stereocenters. The number of allylic oxidation sites excluding steroid dienone is 3. The highest BCUT2D eigenvalue weighted by Crippen LogP contribution is 2.41. The Labute approximate surface area is 140 Å². The van der Waals surface area contributed by atoms with Gasteiger partial charge < -0.3 is 9.47 Å². The first-order chi connectivity index (χ1) is 10.5. The third-order valence-corrected chi connectivity index (χ3v) is 4.66. The molecule has 0 N–H and O–H groups in total. The molecule has 22 heavy (non-hydrogen) atoms. The maximum atomic E-state index is 12.6. The topological polar surface area (TPSA) is 52.6 Å². The summed E-state index contributed by atoms with van der Waals surface area (Å²) in [6.45, 7) is 7.40. The van der Waals surface area contributed by atoms with E-state index in [-0.39, 0.29) is 19.6 Å². The van der Waals surface area contributed by atoms with Crippen LogP contribution in [0.3, 0.4) is 0 Å². The minimum atomic E-state index is -1.35. The summed E-state index contributed by atoms with van der Waals surface area (Å²) in [7, 11) is 0. The van der Waals surface area contributed by atoms with Crippen molar-refractivity contribution < 1.29 is 19.1 Å². The second-order valence-electron chi connectivity index (χ2n) is 5.17. The second kappa shape index (κ2) is 8.96. The first-order valence-corrected chi connectivity index (χ1v) is 8.36. The van der Waals surface area contributed by atoms with Crippen LogP contribution in [0.15, 0.2) is 28.4 Å². The highest BCUT2D eigenvalue weighted by Gasteiger charge is 2.49. The molecular formula is C17H23BrO4. The predicted molar refractivity (Wildman–Crippen MR) is 88.4 cm³/mol. The number of carbonyl (C=O) groups excluding carboxylic acids is 2. The average molecular weight is 371 g/mol. The Balaban J connectivity index is 3.22. The molecular weight excluding hydrogens is 348 g/mol. The number of rotatable bonds is 8. The maximum absolute atomic E-state index is 12.6. The molecule has 1 aliphatic carbocycles. The van der Waals surface area contributed by atoms with Crippen molar-refractivity contribution in [3.8, 4) is 0 Å².